The second kappa shape index (κ2) is 10.8. The van der Waals surface area contributed by atoms with Gasteiger partial charge in [-0.1, -0.05) is 27.7 Å². The van der Waals surface area contributed by atoms with E-state index in [0.717, 1.165) is 17.1 Å². The number of ketones is 2. The van der Waals surface area contributed by atoms with Gasteiger partial charge in [-0.05, 0) is 73.2 Å². The van der Waals surface area contributed by atoms with Gasteiger partial charge in [-0.25, -0.2) is 0 Å². The Morgan fingerprint density at radius 3 is 2.00 bits per heavy atom. The highest BCUT2D eigenvalue weighted by Gasteiger charge is 2.14. The van der Waals surface area contributed by atoms with E-state index < -0.39 is 0 Å². The molecule has 156 valence electrons. The number of aryl methyl sites for hydroxylation is 1. The number of benzene rings is 2. The van der Waals surface area contributed by atoms with Crippen LogP contribution in [0.1, 0.15) is 62.5 Å². The van der Waals surface area contributed by atoms with Crippen molar-refractivity contribution in [3.05, 3.63) is 59.2 Å². The van der Waals surface area contributed by atoms with Crippen molar-refractivity contribution >= 4 is 11.6 Å². The summed E-state index contributed by atoms with van der Waals surface area (Å²) in [7, 11) is 0. The molecule has 0 bridgehead atoms. The average Bonchev–Trinajstić information content (AvgIpc) is 2.69. The molecule has 2 rings (SSSR count). The van der Waals surface area contributed by atoms with Crippen LogP contribution in [0.3, 0.4) is 0 Å². The minimum absolute atomic E-state index is 0.0557. The largest absolute Gasteiger partial charge is 0.493 e. The number of carbonyl (C=O) groups excluding carboxylic acids is 2. The molecule has 29 heavy (non-hydrogen) atoms. The quantitative estimate of drug-likeness (QED) is 0.470. The molecule has 0 amide bonds. The lowest BCUT2D eigenvalue weighted by Crippen LogP contribution is -2.09. The lowest BCUT2D eigenvalue weighted by atomic mass is 9.98. The van der Waals surface area contributed by atoms with Crippen LogP contribution < -0.4 is 9.47 Å². The van der Waals surface area contributed by atoms with Crippen LogP contribution in [0.4, 0.5) is 0 Å². The minimum Gasteiger partial charge on any atom is -0.493 e. The van der Waals surface area contributed by atoms with Gasteiger partial charge in [-0.15, -0.1) is 0 Å². The summed E-state index contributed by atoms with van der Waals surface area (Å²) in [5.74, 6) is 2.41. The number of carbonyl (C=O) groups is 2. The Balaban J connectivity index is 2.20. The summed E-state index contributed by atoms with van der Waals surface area (Å²) in [6, 6.07) is 12.7. The summed E-state index contributed by atoms with van der Waals surface area (Å²) >= 11 is 0. The van der Waals surface area contributed by atoms with Crippen LogP contribution in [-0.2, 0) is 11.2 Å². The molecule has 0 atom stereocenters. The maximum atomic E-state index is 12.9. The molecular formula is C25H32O4. The van der Waals surface area contributed by atoms with E-state index in [0.29, 0.717) is 49.0 Å². The zero-order chi connectivity index (χ0) is 21.4. The fraction of sp³-hybridized carbons (Fsp3) is 0.440. The molecule has 0 aliphatic rings. The SMILES string of the molecule is CC(=O)CCc1cc(C(=O)c2ccc(OCC(C)C)cc2)ccc1OCC(C)C. The fourth-order valence-electron chi connectivity index (χ4n) is 2.76. The van der Waals surface area contributed by atoms with Gasteiger partial charge in [0.2, 0.25) is 0 Å². The Hall–Kier alpha value is -2.62. The molecule has 0 fully saturated rings. The predicted octanol–water partition coefficient (Wildman–Crippen LogP) is 5.51. The minimum atomic E-state index is -0.0557. The molecule has 2 aromatic rings. The Labute approximate surface area is 174 Å². The predicted molar refractivity (Wildman–Crippen MR) is 116 cm³/mol. The first-order valence-corrected chi connectivity index (χ1v) is 10.3. The molecule has 0 aromatic heterocycles. The van der Waals surface area contributed by atoms with Crippen molar-refractivity contribution in [2.24, 2.45) is 11.8 Å². The highest BCUT2D eigenvalue weighted by atomic mass is 16.5. The van der Waals surface area contributed by atoms with Crippen LogP contribution in [-0.4, -0.2) is 24.8 Å². The highest BCUT2D eigenvalue weighted by Crippen LogP contribution is 2.25. The summed E-state index contributed by atoms with van der Waals surface area (Å²) in [5, 5.41) is 0. The third kappa shape index (κ3) is 7.37. The summed E-state index contributed by atoms with van der Waals surface area (Å²) in [6.07, 6.45) is 0.990. The van der Waals surface area contributed by atoms with E-state index in [-0.39, 0.29) is 11.6 Å². The van der Waals surface area contributed by atoms with E-state index in [1.165, 1.54) is 0 Å². The second-order valence-electron chi connectivity index (χ2n) is 8.29. The zero-order valence-corrected chi connectivity index (χ0v) is 18.2. The van der Waals surface area contributed by atoms with Crippen molar-refractivity contribution in [2.75, 3.05) is 13.2 Å². The molecule has 0 saturated heterocycles. The van der Waals surface area contributed by atoms with E-state index in [9.17, 15) is 9.59 Å². The van der Waals surface area contributed by atoms with E-state index in [1.807, 2.05) is 24.3 Å². The number of hydrogen-bond acceptors (Lipinski definition) is 4. The fourth-order valence-corrected chi connectivity index (χ4v) is 2.76. The van der Waals surface area contributed by atoms with Crippen LogP contribution in [0.15, 0.2) is 42.5 Å². The van der Waals surface area contributed by atoms with Gasteiger partial charge in [0.05, 0.1) is 13.2 Å². The first-order chi connectivity index (χ1) is 13.8. The van der Waals surface area contributed by atoms with E-state index in [2.05, 4.69) is 27.7 Å². The van der Waals surface area contributed by atoms with Gasteiger partial charge in [0.1, 0.15) is 17.3 Å². The molecule has 0 saturated carbocycles. The van der Waals surface area contributed by atoms with Gasteiger partial charge < -0.3 is 14.3 Å². The van der Waals surface area contributed by atoms with E-state index in [4.69, 9.17) is 9.47 Å². The third-order valence-corrected chi connectivity index (χ3v) is 4.34. The first-order valence-electron chi connectivity index (χ1n) is 10.3. The van der Waals surface area contributed by atoms with E-state index in [1.54, 1.807) is 25.1 Å². The number of ether oxygens (including phenoxy) is 2. The normalized spacial score (nSPS) is 11.0. The lowest BCUT2D eigenvalue weighted by Gasteiger charge is -2.14. The molecule has 0 unspecified atom stereocenters. The van der Waals surface area contributed by atoms with Crippen LogP contribution >= 0.6 is 0 Å². The zero-order valence-electron chi connectivity index (χ0n) is 18.2. The Morgan fingerprint density at radius 2 is 1.41 bits per heavy atom. The Kier molecular flexibility index (Phi) is 8.44. The molecule has 0 radical (unpaired) electrons. The van der Waals surface area contributed by atoms with Crippen LogP contribution in [0.2, 0.25) is 0 Å². The standard InChI is InChI=1S/C25H32O4/c1-17(2)15-28-23-11-8-20(9-12-23)25(27)22-10-13-24(29-16-18(3)4)21(14-22)7-6-19(5)26/h8-14,17-18H,6-7,15-16H2,1-5H3. The van der Waals surface area contributed by atoms with Crippen molar-refractivity contribution in [1.82, 2.24) is 0 Å². The molecule has 4 nitrogen and oxygen atoms in total. The third-order valence-electron chi connectivity index (χ3n) is 4.34. The molecule has 0 aliphatic carbocycles. The van der Waals surface area contributed by atoms with Gasteiger partial charge in [-0.2, -0.15) is 0 Å². The van der Waals surface area contributed by atoms with Crippen LogP contribution in [0.5, 0.6) is 11.5 Å². The summed E-state index contributed by atoms with van der Waals surface area (Å²) in [5.41, 5.74) is 2.09. The summed E-state index contributed by atoms with van der Waals surface area (Å²) in [4.78, 5) is 24.4. The second-order valence-corrected chi connectivity index (χ2v) is 8.29. The van der Waals surface area contributed by atoms with Crippen molar-refractivity contribution in [3.8, 4) is 11.5 Å². The maximum absolute atomic E-state index is 12.9. The van der Waals surface area contributed by atoms with Gasteiger partial charge in [-0.3, -0.25) is 4.79 Å². The average molecular weight is 397 g/mol. The first kappa shape index (κ1) is 22.7. The molecule has 0 aliphatic heterocycles. The molecular weight excluding hydrogens is 364 g/mol. The topological polar surface area (TPSA) is 52.6 Å². The van der Waals surface area contributed by atoms with Crippen molar-refractivity contribution in [2.45, 2.75) is 47.5 Å². The number of hydrogen-bond donors (Lipinski definition) is 0. The number of rotatable bonds is 11. The van der Waals surface area contributed by atoms with Crippen LogP contribution in [0, 0.1) is 11.8 Å². The highest BCUT2D eigenvalue weighted by molar-refractivity contribution is 6.09. The Bertz CT molecular complexity index is 819. The lowest BCUT2D eigenvalue weighted by molar-refractivity contribution is -0.116. The smallest absolute Gasteiger partial charge is 0.193 e. The summed E-state index contributed by atoms with van der Waals surface area (Å²) < 4.78 is 11.6. The van der Waals surface area contributed by atoms with Crippen molar-refractivity contribution in [3.63, 3.8) is 0 Å². The monoisotopic (exact) mass is 396 g/mol. The molecule has 4 heteroatoms. The molecule has 2 aromatic carbocycles. The van der Waals surface area contributed by atoms with Crippen molar-refractivity contribution < 1.29 is 19.1 Å². The number of Topliss-reactive ketones (excluding diaryl/α,β-unsaturated/α-hetero) is 1. The van der Waals surface area contributed by atoms with E-state index >= 15 is 0 Å². The van der Waals surface area contributed by atoms with Gasteiger partial charge in [0.25, 0.3) is 0 Å². The molecule has 0 heterocycles. The van der Waals surface area contributed by atoms with Gasteiger partial charge in [0.15, 0.2) is 5.78 Å². The molecule has 0 N–H and O–H groups in total. The maximum Gasteiger partial charge on any atom is 0.193 e. The Morgan fingerprint density at radius 1 is 0.828 bits per heavy atom. The molecule has 0 spiro atoms. The van der Waals surface area contributed by atoms with Gasteiger partial charge in [0, 0.05) is 17.5 Å². The van der Waals surface area contributed by atoms with Gasteiger partial charge >= 0.3 is 0 Å². The van der Waals surface area contributed by atoms with Crippen molar-refractivity contribution in [1.29, 1.82) is 0 Å². The van der Waals surface area contributed by atoms with Crippen LogP contribution in [0.25, 0.3) is 0 Å². The summed E-state index contributed by atoms with van der Waals surface area (Å²) in [6.45, 7) is 11.2.